The lowest BCUT2D eigenvalue weighted by Gasteiger charge is -2.17. The third-order valence-corrected chi connectivity index (χ3v) is 2.70. The average molecular weight is 281 g/mol. The molecule has 3 N–H and O–H groups in total. The molecule has 0 heterocycles. The van der Waals surface area contributed by atoms with Crippen LogP contribution in [0.15, 0.2) is 18.2 Å². The number of hydrogen-bond acceptors (Lipinski definition) is 2. The molecule has 100 valence electrons. The van der Waals surface area contributed by atoms with Gasteiger partial charge in [0, 0.05) is 0 Å². The van der Waals surface area contributed by atoms with Crippen LogP contribution in [-0.4, -0.2) is 11.9 Å². The van der Waals surface area contributed by atoms with Crippen molar-refractivity contribution in [3.05, 3.63) is 28.8 Å². The second-order valence-electron chi connectivity index (χ2n) is 3.70. The van der Waals surface area contributed by atoms with Crippen molar-refractivity contribution in [1.29, 1.82) is 0 Å². The largest absolute Gasteiger partial charge is 0.416 e. The Morgan fingerprint density at radius 3 is 2.56 bits per heavy atom. The van der Waals surface area contributed by atoms with Crippen LogP contribution in [-0.2, 0) is 11.0 Å². The van der Waals surface area contributed by atoms with Gasteiger partial charge in [0.2, 0.25) is 5.91 Å². The number of rotatable bonds is 4. The van der Waals surface area contributed by atoms with E-state index in [9.17, 15) is 18.0 Å². The highest BCUT2D eigenvalue weighted by Gasteiger charge is 2.31. The van der Waals surface area contributed by atoms with Crippen LogP contribution in [0.2, 0.25) is 5.02 Å². The summed E-state index contributed by atoms with van der Waals surface area (Å²) in [6.07, 6.45) is -4.11. The van der Waals surface area contributed by atoms with Crippen LogP contribution in [0.1, 0.15) is 18.9 Å². The van der Waals surface area contributed by atoms with Gasteiger partial charge >= 0.3 is 6.18 Å². The van der Waals surface area contributed by atoms with Gasteiger partial charge in [0.1, 0.15) is 6.04 Å². The van der Waals surface area contributed by atoms with Crippen LogP contribution in [0.5, 0.6) is 0 Å². The quantitative estimate of drug-likeness (QED) is 0.891. The molecule has 1 unspecified atom stereocenters. The van der Waals surface area contributed by atoms with Gasteiger partial charge in [0.05, 0.1) is 16.3 Å². The zero-order valence-electron chi connectivity index (χ0n) is 9.51. The van der Waals surface area contributed by atoms with Crippen LogP contribution in [0, 0.1) is 0 Å². The predicted octanol–water partition coefficient (Wildman–Crippen LogP) is 3.03. The summed E-state index contributed by atoms with van der Waals surface area (Å²) in [5.41, 5.74) is 4.30. The first-order valence-electron chi connectivity index (χ1n) is 5.18. The summed E-state index contributed by atoms with van der Waals surface area (Å²) in [5.74, 6) is -0.647. The highest BCUT2D eigenvalue weighted by molar-refractivity contribution is 6.33. The van der Waals surface area contributed by atoms with Crippen LogP contribution >= 0.6 is 11.6 Å². The van der Waals surface area contributed by atoms with Gasteiger partial charge < -0.3 is 11.1 Å². The van der Waals surface area contributed by atoms with Gasteiger partial charge in [-0.2, -0.15) is 13.2 Å². The monoisotopic (exact) mass is 280 g/mol. The van der Waals surface area contributed by atoms with Crippen molar-refractivity contribution in [2.75, 3.05) is 5.32 Å². The zero-order valence-corrected chi connectivity index (χ0v) is 10.3. The molecule has 0 saturated heterocycles. The first kappa shape index (κ1) is 14.6. The van der Waals surface area contributed by atoms with Crippen molar-refractivity contribution < 1.29 is 18.0 Å². The standard InChI is InChI=1S/C11H12ClF3N2O/c1-2-8(10(16)18)17-9-5-6(11(13,14)15)3-4-7(9)12/h3-5,8,17H,2H2,1H3,(H2,16,18). The lowest BCUT2D eigenvalue weighted by Crippen LogP contribution is -2.34. The molecule has 0 aliphatic carbocycles. The topological polar surface area (TPSA) is 55.1 Å². The summed E-state index contributed by atoms with van der Waals surface area (Å²) in [6, 6.07) is 2.10. The van der Waals surface area contributed by atoms with Gasteiger partial charge in [-0.15, -0.1) is 0 Å². The number of carbonyl (C=O) groups excluding carboxylic acids is 1. The van der Waals surface area contributed by atoms with Crippen LogP contribution in [0.3, 0.4) is 0 Å². The van der Waals surface area contributed by atoms with E-state index in [1.165, 1.54) is 0 Å². The number of alkyl halides is 3. The van der Waals surface area contributed by atoms with Gasteiger partial charge in [-0.25, -0.2) is 0 Å². The molecule has 0 aliphatic heterocycles. The minimum absolute atomic E-state index is 0.0390. The molecule has 1 atom stereocenters. The lowest BCUT2D eigenvalue weighted by molar-refractivity contribution is -0.137. The number of carbonyl (C=O) groups is 1. The molecule has 1 aromatic carbocycles. The van der Waals surface area contributed by atoms with E-state index in [0.717, 1.165) is 18.2 Å². The van der Waals surface area contributed by atoms with E-state index >= 15 is 0 Å². The van der Waals surface area contributed by atoms with Crippen molar-refractivity contribution in [3.8, 4) is 0 Å². The van der Waals surface area contributed by atoms with E-state index in [4.69, 9.17) is 17.3 Å². The van der Waals surface area contributed by atoms with Crippen molar-refractivity contribution in [2.24, 2.45) is 5.73 Å². The second-order valence-corrected chi connectivity index (χ2v) is 4.11. The molecule has 0 bridgehead atoms. The Labute approximate surface area is 107 Å². The molecule has 1 rings (SSSR count). The summed E-state index contributed by atoms with van der Waals surface area (Å²) in [4.78, 5) is 11.0. The van der Waals surface area contributed by atoms with Gasteiger partial charge in [-0.05, 0) is 24.6 Å². The molecule has 0 aromatic heterocycles. The fraction of sp³-hybridized carbons (Fsp3) is 0.364. The number of halogens is 4. The number of hydrogen-bond donors (Lipinski definition) is 2. The van der Waals surface area contributed by atoms with Gasteiger partial charge in [0.25, 0.3) is 0 Å². The summed E-state index contributed by atoms with van der Waals surface area (Å²) in [5, 5.41) is 2.70. The molecule has 3 nitrogen and oxygen atoms in total. The number of anilines is 1. The van der Waals surface area contributed by atoms with Crippen molar-refractivity contribution in [3.63, 3.8) is 0 Å². The van der Waals surface area contributed by atoms with E-state index in [0.29, 0.717) is 6.42 Å². The SMILES string of the molecule is CCC(Nc1cc(C(F)(F)F)ccc1Cl)C(N)=O. The van der Waals surface area contributed by atoms with Crippen molar-refractivity contribution >= 4 is 23.2 Å². The van der Waals surface area contributed by atoms with E-state index < -0.39 is 23.7 Å². The molecular formula is C11H12ClF3N2O. The molecular weight excluding hydrogens is 269 g/mol. The van der Waals surface area contributed by atoms with Gasteiger partial charge in [0.15, 0.2) is 0 Å². The van der Waals surface area contributed by atoms with E-state index in [1.54, 1.807) is 6.92 Å². The van der Waals surface area contributed by atoms with Crippen LogP contribution in [0.4, 0.5) is 18.9 Å². The van der Waals surface area contributed by atoms with Crippen molar-refractivity contribution in [2.45, 2.75) is 25.6 Å². The Morgan fingerprint density at radius 2 is 2.11 bits per heavy atom. The lowest BCUT2D eigenvalue weighted by atomic mass is 10.1. The molecule has 0 radical (unpaired) electrons. The maximum Gasteiger partial charge on any atom is 0.416 e. The summed E-state index contributed by atoms with van der Waals surface area (Å²) in [7, 11) is 0. The Hall–Kier alpha value is -1.43. The summed E-state index contributed by atoms with van der Waals surface area (Å²) < 4.78 is 37.5. The molecule has 0 fully saturated rings. The van der Waals surface area contributed by atoms with Gasteiger partial charge in [-0.1, -0.05) is 18.5 Å². The normalized spacial score (nSPS) is 13.2. The fourth-order valence-corrected chi connectivity index (χ4v) is 1.55. The number of nitrogens with one attached hydrogen (secondary N) is 1. The Balaban J connectivity index is 3.05. The summed E-state index contributed by atoms with van der Waals surface area (Å²) in [6.45, 7) is 1.68. The zero-order chi connectivity index (χ0) is 13.9. The Morgan fingerprint density at radius 1 is 1.50 bits per heavy atom. The smallest absolute Gasteiger partial charge is 0.372 e. The minimum Gasteiger partial charge on any atom is -0.372 e. The Kier molecular flexibility index (Phi) is 4.45. The van der Waals surface area contributed by atoms with E-state index in [1.807, 2.05) is 0 Å². The molecule has 0 aliphatic rings. The second kappa shape index (κ2) is 5.48. The van der Waals surface area contributed by atoms with Gasteiger partial charge in [-0.3, -0.25) is 4.79 Å². The number of primary amides is 1. The van der Waals surface area contributed by atoms with Crippen LogP contribution < -0.4 is 11.1 Å². The maximum absolute atomic E-state index is 12.5. The third kappa shape index (κ3) is 3.53. The van der Waals surface area contributed by atoms with E-state index in [-0.39, 0.29) is 10.7 Å². The van der Waals surface area contributed by atoms with Crippen LogP contribution in [0.25, 0.3) is 0 Å². The number of nitrogens with two attached hydrogens (primary N) is 1. The molecule has 0 saturated carbocycles. The molecule has 18 heavy (non-hydrogen) atoms. The highest BCUT2D eigenvalue weighted by atomic mass is 35.5. The first-order chi connectivity index (χ1) is 8.25. The predicted molar refractivity (Wildman–Crippen MR) is 63.4 cm³/mol. The molecule has 7 heteroatoms. The average Bonchev–Trinajstić information content (AvgIpc) is 2.25. The maximum atomic E-state index is 12.5. The fourth-order valence-electron chi connectivity index (χ4n) is 1.37. The molecule has 1 aromatic rings. The molecule has 0 spiro atoms. The first-order valence-corrected chi connectivity index (χ1v) is 5.56. The summed E-state index contributed by atoms with van der Waals surface area (Å²) >= 11 is 5.77. The molecule has 1 amide bonds. The number of benzene rings is 1. The Bertz CT molecular complexity index is 448. The van der Waals surface area contributed by atoms with Crippen molar-refractivity contribution in [1.82, 2.24) is 0 Å². The third-order valence-electron chi connectivity index (χ3n) is 2.38. The number of amides is 1. The minimum atomic E-state index is -4.46. The van der Waals surface area contributed by atoms with E-state index in [2.05, 4.69) is 5.32 Å². The highest BCUT2D eigenvalue weighted by Crippen LogP contribution is 2.34.